The lowest BCUT2D eigenvalue weighted by Crippen LogP contribution is -2.25. The van der Waals surface area contributed by atoms with E-state index < -0.39 is 5.91 Å². The highest BCUT2D eigenvalue weighted by molar-refractivity contribution is 7.15. The van der Waals surface area contributed by atoms with Gasteiger partial charge in [0.05, 0.1) is 5.69 Å². The lowest BCUT2D eigenvalue weighted by Gasteiger charge is -2.07. The molecule has 0 aliphatic rings. The van der Waals surface area contributed by atoms with Gasteiger partial charge in [-0.05, 0) is 26.0 Å². The van der Waals surface area contributed by atoms with E-state index in [-0.39, 0.29) is 16.9 Å². The molecule has 0 saturated carbocycles. The van der Waals surface area contributed by atoms with Crippen LogP contribution in [0.3, 0.4) is 0 Å². The molecular weight excluding hydrogens is 288 g/mol. The van der Waals surface area contributed by atoms with Gasteiger partial charge in [-0.3, -0.25) is 19.0 Å². The molecule has 3 aromatic heterocycles. The standard InChI is InChI=1S/C14H12N4O2S/c1-8-7-21-14-16-9(2)11(13(20)18(8)14)17-12(19)10-5-3-4-6-15-10/h3-7H,1-2H3,(H,17,19). The highest BCUT2D eigenvalue weighted by Crippen LogP contribution is 2.16. The third-order valence-electron chi connectivity index (χ3n) is 3.06. The molecule has 0 spiro atoms. The maximum Gasteiger partial charge on any atom is 0.282 e. The van der Waals surface area contributed by atoms with Crippen molar-refractivity contribution in [2.75, 3.05) is 5.32 Å². The van der Waals surface area contributed by atoms with E-state index in [0.29, 0.717) is 10.7 Å². The first-order chi connectivity index (χ1) is 10.1. The number of nitrogens with one attached hydrogen (secondary N) is 1. The predicted octanol–water partition coefficient (Wildman–Crippen LogP) is 2.02. The Hall–Kier alpha value is -2.54. The Bertz CT molecular complexity index is 883. The number of aryl methyl sites for hydroxylation is 2. The summed E-state index contributed by atoms with van der Waals surface area (Å²) in [6.45, 7) is 3.52. The third kappa shape index (κ3) is 2.31. The summed E-state index contributed by atoms with van der Waals surface area (Å²) < 4.78 is 1.49. The van der Waals surface area contributed by atoms with Crippen LogP contribution in [0.2, 0.25) is 0 Å². The van der Waals surface area contributed by atoms with Crippen molar-refractivity contribution >= 4 is 27.9 Å². The molecule has 0 unspecified atom stereocenters. The Morgan fingerprint density at radius 3 is 2.86 bits per heavy atom. The van der Waals surface area contributed by atoms with Crippen LogP contribution in [0.15, 0.2) is 34.6 Å². The number of rotatable bonds is 2. The molecular formula is C14H12N4O2S. The molecule has 3 rings (SSSR count). The fourth-order valence-corrected chi connectivity index (χ4v) is 2.91. The van der Waals surface area contributed by atoms with E-state index in [1.165, 1.54) is 21.9 Å². The van der Waals surface area contributed by atoms with Crippen LogP contribution >= 0.6 is 11.3 Å². The van der Waals surface area contributed by atoms with Gasteiger partial charge in [0.25, 0.3) is 11.5 Å². The molecule has 3 heterocycles. The Kier molecular flexibility index (Phi) is 3.26. The molecule has 0 saturated heterocycles. The molecule has 6 nitrogen and oxygen atoms in total. The molecule has 106 valence electrons. The second-order valence-electron chi connectivity index (χ2n) is 4.54. The van der Waals surface area contributed by atoms with Crippen LogP contribution in [-0.2, 0) is 0 Å². The molecule has 0 aliphatic carbocycles. The second kappa shape index (κ2) is 5.10. The van der Waals surface area contributed by atoms with Crippen molar-refractivity contribution < 1.29 is 4.79 Å². The first kappa shape index (κ1) is 13.4. The summed E-state index contributed by atoms with van der Waals surface area (Å²) in [5, 5.41) is 4.47. The number of anilines is 1. The van der Waals surface area contributed by atoms with E-state index in [1.54, 1.807) is 25.1 Å². The van der Waals surface area contributed by atoms with E-state index >= 15 is 0 Å². The van der Waals surface area contributed by atoms with Crippen LogP contribution in [0.5, 0.6) is 0 Å². The minimum absolute atomic E-state index is 0.185. The Morgan fingerprint density at radius 1 is 1.33 bits per heavy atom. The normalized spacial score (nSPS) is 10.8. The van der Waals surface area contributed by atoms with Crippen molar-refractivity contribution in [2.24, 2.45) is 0 Å². The molecule has 1 amide bonds. The number of hydrogen-bond acceptors (Lipinski definition) is 5. The molecule has 0 atom stereocenters. The number of hydrogen-bond donors (Lipinski definition) is 1. The number of carbonyl (C=O) groups excluding carboxylic acids is 1. The smallest absolute Gasteiger partial charge is 0.282 e. The van der Waals surface area contributed by atoms with Gasteiger partial charge in [-0.2, -0.15) is 0 Å². The number of pyridine rings is 1. The van der Waals surface area contributed by atoms with Crippen LogP contribution in [-0.4, -0.2) is 20.3 Å². The van der Waals surface area contributed by atoms with Gasteiger partial charge in [0.1, 0.15) is 11.4 Å². The SMILES string of the molecule is Cc1nc2scc(C)n2c(=O)c1NC(=O)c1ccccn1. The van der Waals surface area contributed by atoms with Crippen LogP contribution in [0.4, 0.5) is 5.69 Å². The van der Waals surface area contributed by atoms with Crippen molar-refractivity contribution in [3.05, 3.63) is 57.2 Å². The number of carbonyl (C=O) groups is 1. The molecule has 0 aliphatic heterocycles. The fraction of sp³-hybridized carbons (Fsp3) is 0.143. The summed E-state index contributed by atoms with van der Waals surface area (Å²) in [5.74, 6) is -0.426. The zero-order valence-corrected chi connectivity index (χ0v) is 12.3. The summed E-state index contributed by atoms with van der Waals surface area (Å²) >= 11 is 1.39. The Labute approximate surface area is 124 Å². The van der Waals surface area contributed by atoms with Gasteiger partial charge < -0.3 is 5.32 Å². The number of thiazole rings is 1. The number of amides is 1. The van der Waals surface area contributed by atoms with Gasteiger partial charge in [0.15, 0.2) is 4.96 Å². The Balaban J connectivity index is 2.07. The molecule has 1 N–H and O–H groups in total. The maximum absolute atomic E-state index is 12.5. The molecule has 0 aromatic carbocycles. The van der Waals surface area contributed by atoms with Crippen LogP contribution < -0.4 is 10.9 Å². The van der Waals surface area contributed by atoms with Crippen molar-refractivity contribution in [1.82, 2.24) is 14.4 Å². The average molecular weight is 300 g/mol. The number of fused-ring (bicyclic) bond motifs is 1. The van der Waals surface area contributed by atoms with Gasteiger partial charge in [0.2, 0.25) is 0 Å². The molecule has 0 radical (unpaired) electrons. The Morgan fingerprint density at radius 2 is 2.14 bits per heavy atom. The third-order valence-corrected chi connectivity index (χ3v) is 4.00. The van der Waals surface area contributed by atoms with Crippen LogP contribution in [0.25, 0.3) is 4.96 Å². The molecule has 21 heavy (non-hydrogen) atoms. The maximum atomic E-state index is 12.5. The molecule has 0 fully saturated rings. The zero-order chi connectivity index (χ0) is 15.0. The topological polar surface area (TPSA) is 76.4 Å². The summed E-state index contributed by atoms with van der Waals surface area (Å²) in [5.41, 5.74) is 1.44. The van der Waals surface area contributed by atoms with E-state index in [9.17, 15) is 9.59 Å². The van der Waals surface area contributed by atoms with Gasteiger partial charge in [-0.15, -0.1) is 11.3 Å². The van der Waals surface area contributed by atoms with Crippen LogP contribution in [0.1, 0.15) is 21.9 Å². The molecule has 0 bridgehead atoms. The quantitative estimate of drug-likeness (QED) is 0.785. The van der Waals surface area contributed by atoms with Crippen LogP contribution in [0, 0.1) is 13.8 Å². The van der Waals surface area contributed by atoms with Gasteiger partial charge in [0, 0.05) is 17.3 Å². The average Bonchev–Trinajstić information content (AvgIpc) is 2.85. The van der Waals surface area contributed by atoms with E-state index in [1.807, 2.05) is 12.3 Å². The monoisotopic (exact) mass is 300 g/mol. The van der Waals surface area contributed by atoms with Crippen molar-refractivity contribution in [3.8, 4) is 0 Å². The summed E-state index contributed by atoms with van der Waals surface area (Å²) in [6.07, 6.45) is 1.53. The van der Waals surface area contributed by atoms with Gasteiger partial charge in [-0.1, -0.05) is 6.07 Å². The van der Waals surface area contributed by atoms with Gasteiger partial charge >= 0.3 is 0 Å². The summed E-state index contributed by atoms with van der Waals surface area (Å²) in [4.78, 5) is 33.6. The summed E-state index contributed by atoms with van der Waals surface area (Å²) in [6, 6.07) is 5.02. The van der Waals surface area contributed by atoms with E-state index in [2.05, 4.69) is 15.3 Å². The highest BCUT2D eigenvalue weighted by Gasteiger charge is 2.16. The second-order valence-corrected chi connectivity index (χ2v) is 5.38. The largest absolute Gasteiger partial charge is 0.314 e. The van der Waals surface area contributed by atoms with Crippen molar-refractivity contribution in [2.45, 2.75) is 13.8 Å². The predicted molar refractivity (Wildman–Crippen MR) is 81.0 cm³/mol. The fourth-order valence-electron chi connectivity index (χ4n) is 2.00. The zero-order valence-electron chi connectivity index (χ0n) is 11.5. The summed E-state index contributed by atoms with van der Waals surface area (Å²) in [7, 11) is 0. The van der Waals surface area contributed by atoms with E-state index in [4.69, 9.17) is 0 Å². The van der Waals surface area contributed by atoms with E-state index in [0.717, 1.165) is 5.69 Å². The highest BCUT2D eigenvalue weighted by atomic mass is 32.1. The first-order valence-electron chi connectivity index (χ1n) is 6.28. The minimum atomic E-state index is -0.426. The molecule has 7 heteroatoms. The number of aromatic nitrogens is 3. The van der Waals surface area contributed by atoms with Crippen molar-refractivity contribution in [3.63, 3.8) is 0 Å². The first-order valence-corrected chi connectivity index (χ1v) is 7.15. The van der Waals surface area contributed by atoms with Gasteiger partial charge in [-0.25, -0.2) is 4.98 Å². The number of nitrogens with zero attached hydrogens (tertiary/aromatic N) is 3. The van der Waals surface area contributed by atoms with Crippen molar-refractivity contribution in [1.29, 1.82) is 0 Å². The minimum Gasteiger partial charge on any atom is -0.314 e. The molecule has 3 aromatic rings. The lowest BCUT2D eigenvalue weighted by atomic mass is 10.3. The lowest BCUT2D eigenvalue weighted by molar-refractivity contribution is 0.102.